The summed E-state index contributed by atoms with van der Waals surface area (Å²) in [4.78, 5) is 21.2. The number of halogens is 1. The number of carbonyl (C=O) groups is 2. The number of fused-ring (bicyclic) bond motifs is 1. The predicted octanol–water partition coefficient (Wildman–Crippen LogP) is 5.92. The van der Waals surface area contributed by atoms with Crippen molar-refractivity contribution in [3.63, 3.8) is 0 Å². The molecular weight excluding hydrogens is 795 g/mol. The molecule has 0 fully saturated rings. The van der Waals surface area contributed by atoms with Crippen molar-refractivity contribution in [3.8, 4) is 12.1 Å². The number of hydrogen-bond acceptors (Lipinski definition) is 8. The lowest BCUT2D eigenvalue weighted by molar-refractivity contribution is 0.0686. The van der Waals surface area contributed by atoms with E-state index in [0.717, 1.165) is 32.4 Å². The van der Waals surface area contributed by atoms with E-state index >= 15 is 0 Å². The smallest absolute Gasteiger partial charge is 0.335 e. The number of aromatic carboxylic acids is 2. The number of sulfonamides is 2. The molecule has 0 amide bonds. The molecular formula is C35H29IN4O8S2. The van der Waals surface area contributed by atoms with Gasteiger partial charge in [-0.2, -0.15) is 14.8 Å². The van der Waals surface area contributed by atoms with E-state index in [0.29, 0.717) is 5.57 Å². The summed E-state index contributed by atoms with van der Waals surface area (Å²) in [6.45, 7) is 4.05. The minimum absolute atomic E-state index is 0.00549. The summed E-state index contributed by atoms with van der Waals surface area (Å²) in [6, 6.07) is 28.4. The third-order valence-electron chi connectivity index (χ3n) is 7.06. The molecule has 1 aliphatic rings. The molecule has 0 aromatic heterocycles. The first-order valence-corrected chi connectivity index (χ1v) is 18.3. The second kappa shape index (κ2) is 17.5. The maximum absolute atomic E-state index is 13.1. The topological polar surface area (TPSA) is 220 Å². The summed E-state index contributed by atoms with van der Waals surface area (Å²) in [5.41, 5.74) is 3.38. The highest BCUT2D eigenvalue weighted by Crippen LogP contribution is 2.39. The second-order valence-electron chi connectivity index (χ2n) is 10.3. The van der Waals surface area contributed by atoms with Gasteiger partial charge < -0.3 is 10.2 Å². The van der Waals surface area contributed by atoms with Crippen LogP contribution in [0.1, 0.15) is 49.9 Å². The Kier molecular flexibility index (Phi) is 13.7. The van der Waals surface area contributed by atoms with E-state index < -0.39 is 38.0 Å². The lowest BCUT2D eigenvalue weighted by Gasteiger charge is -2.36. The number of allylic oxidation sites excluding steroid dienone is 1. The Morgan fingerprint density at radius 3 is 1.88 bits per heavy atom. The Labute approximate surface area is 303 Å². The quantitative estimate of drug-likeness (QED) is 0.148. The van der Waals surface area contributed by atoms with Crippen molar-refractivity contribution >= 4 is 66.2 Å². The van der Waals surface area contributed by atoms with Gasteiger partial charge in [0, 0.05) is 16.2 Å². The summed E-state index contributed by atoms with van der Waals surface area (Å²) in [7, 11) is -7.66. The van der Waals surface area contributed by atoms with Crippen molar-refractivity contribution in [2.45, 2.75) is 22.3 Å². The van der Waals surface area contributed by atoms with E-state index in [1.807, 2.05) is 48.5 Å². The van der Waals surface area contributed by atoms with E-state index in [9.17, 15) is 31.7 Å². The lowest BCUT2D eigenvalue weighted by Crippen LogP contribution is -2.39. The number of benzene rings is 4. The maximum atomic E-state index is 13.1. The van der Waals surface area contributed by atoms with Crippen molar-refractivity contribution in [1.82, 2.24) is 4.31 Å². The number of hydrogen-bond donors (Lipinski definition) is 3. The molecule has 4 N–H and O–H groups in total. The van der Waals surface area contributed by atoms with E-state index in [2.05, 4.69) is 35.2 Å². The molecule has 12 nitrogen and oxygen atoms in total. The Bertz CT molecular complexity index is 2230. The molecule has 1 heterocycles. The van der Waals surface area contributed by atoms with Crippen LogP contribution in [0.15, 0.2) is 120 Å². The zero-order chi connectivity index (χ0) is 37.1. The van der Waals surface area contributed by atoms with Gasteiger partial charge in [-0.05, 0) is 106 Å². The molecule has 4 aromatic rings. The third kappa shape index (κ3) is 10.2. The van der Waals surface area contributed by atoms with E-state index in [1.165, 1.54) is 46.8 Å². The zero-order valence-corrected chi connectivity index (χ0v) is 29.8. The lowest BCUT2D eigenvalue weighted by atomic mass is 9.90. The fourth-order valence-electron chi connectivity index (χ4n) is 4.63. The molecule has 0 aliphatic carbocycles. The number of carboxylic acids is 2. The molecule has 4 aromatic carbocycles. The fourth-order valence-corrected chi connectivity index (χ4v) is 7.31. The summed E-state index contributed by atoms with van der Waals surface area (Å²) >= 11 is 2.24. The second-order valence-corrected chi connectivity index (χ2v) is 14.9. The molecule has 0 saturated heterocycles. The molecule has 1 unspecified atom stereocenters. The molecule has 15 heteroatoms. The molecule has 0 radical (unpaired) electrons. The number of primary sulfonamides is 1. The predicted molar refractivity (Wildman–Crippen MR) is 194 cm³/mol. The van der Waals surface area contributed by atoms with Gasteiger partial charge in [-0.15, -0.1) is 0 Å². The van der Waals surface area contributed by atoms with Gasteiger partial charge in [0.1, 0.15) is 0 Å². The highest BCUT2D eigenvalue weighted by Gasteiger charge is 2.37. The van der Waals surface area contributed by atoms with Crippen molar-refractivity contribution < 1.29 is 36.6 Å². The summed E-state index contributed by atoms with van der Waals surface area (Å²) in [5, 5.41) is 39.8. The van der Waals surface area contributed by atoms with Crippen LogP contribution in [0.3, 0.4) is 0 Å². The average molecular weight is 825 g/mol. The summed E-state index contributed by atoms with van der Waals surface area (Å²) in [5.74, 6) is -2.24. The van der Waals surface area contributed by atoms with E-state index in [4.69, 9.17) is 20.6 Å². The minimum atomic E-state index is -3.92. The Hall–Kier alpha value is -5.17. The molecule has 256 valence electrons. The number of nitrogens with two attached hydrogens (primary N) is 1. The van der Waals surface area contributed by atoms with Gasteiger partial charge in [0.05, 0.1) is 45.5 Å². The first kappa shape index (κ1) is 39.3. The first-order chi connectivity index (χ1) is 23.6. The highest BCUT2D eigenvalue weighted by molar-refractivity contribution is 14.1. The minimum Gasteiger partial charge on any atom is -0.478 e. The standard InChI is InChI=1S/C19H16N2O4S.C9H6IN.C7H7NO4S/c1-13-12-21(18(10-11-20)17-5-3-2-4-16(13)17)26(24,25)15-8-6-14(7-9-15)19(22)23;10-9-6-2-1-4-8(9)5-3-7-11;8-13(11,12)6-3-1-5(2-4-6)7(9)10/h2-9,18H,1,10,12H2,(H,22,23);1-6H;1-4H,(H,9,10)(H2,8,11,12)/b;5-3+;. The van der Waals surface area contributed by atoms with Gasteiger partial charge in [-0.1, -0.05) is 49.0 Å². The number of nitrogens with zero attached hydrogens (tertiary/aromatic N) is 3. The monoisotopic (exact) mass is 824 g/mol. The van der Waals surface area contributed by atoms with Crippen LogP contribution < -0.4 is 5.14 Å². The van der Waals surface area contributed by atoms with Gasteiger partial charge in [0.25, 0.3) is 0 Å². The zero-order valence-electron chi connectivity index (χ0n) is 26.0. The molecule has 0 bridgehead atoms. The van der Waals surface area contributed by atoms with Crippen LogP contribution in [0.5, 0.6) is 0 Å². The molecule has 1 atom stereocenters. The third-order valence-corrected chi connectivity index (χ3v) is 10.8. The number of nitriles is 2. The van der Waals surface area contributed by atoms with Gasteiger partial charge in [0.2, 0.25) is 20.0 Å². The van der Waals surface area contributed by atoms with Crippen LogP contribution in [0, 0.1) is 26.2 Å². The normalized spacial score (nSPS) is 14.1. The molecule has 50 heavy (non-hydrogen) atoms. The Morgan fingerprint density at radius 2 is 1.38 bits per heavy atom. The maximum Gasteiger partial charge on any atom is 0.335 e. The van der Waals surface area contributed by atoms with E-state index in [-0.39, 0.29) is 33.9 Å². The highest BCUT2D eigenvalue weighted by atomic mass is 127. The van der Waals surface area contributed by atoms with Crippen LogP contribution in [-0.2, 0) is 20.0 Å². The summed E-state index contributed by atoms with van der Waals surface area (Å²) < 4.78 is 50.2. The van der Waals surface area contributed by atoms with Crippen LogP contribution in [-0.4, -0.2) is 49.8 Å². The fraction of sp³-hybridized carbons (Fsp3) is 0.0857. The van der Waals surface area contributed by atoms with Crippen LogP contribution in [0.4, 0.5) is 0 Å². The summed E-state index contributed by atoms with van der Waals surface area (Å²) in [6.07, 6.45) is 3.30. The molecule has 1 aliphatic heterocycles. The van der Waals surface area contributed by atoms with Gasteiger partial charge >= 0.3 is 11.9 Å². The van der Waals surface area contributed by atoms with E-state index in [1.54, 1.807) is 12.1 Å². The number of carboxylic acid groups (broad SMARTS) is 2. The largest absolute Gasteiger partial charge is 0.478 e. The Morgan fingerprint density at radius 1 is 0.860 bits per heavy atom. The van der Waals surface area contributed by atoms with Crippen molar-refractivity contribution in [3.05, 3.63) is 141 Å². The van der Waals surface area contributed by atoms with Gasteiger partial charge in [-0.25, -0.2) is 31.6 Å². The SMILES string of the molecule is C=C1CN(S(=O)(=O)c2ccc(C(=O)O)cc2)C(CC#N)c2ccccc21.N#C/C=C/c1ccccc1I.NS(=O)(=O)c1ccc(C(=O)O)cc1. The first-order valence-electron chi connectivity index (χ1n) is 14.3. The average Bonchev–Trinajstić information content (AvgIpc) is 3.09. The molecule has 5 rings (SSSR count). The van der Waals surface area contributed by atoms with Gasteiger partial charge in [0.15, 0.2) is 0 Å². The number of rotatable bonds is 7. The van der Waals surface area contributed by atoms with Crippen LogP contribution in [0.25, 0.3) is 11.6 Å². The molecule has 0 spiro atoms. The van der Waals surface area contributed by atoms with Crippen molar-refractivity contribution in [1.29, 1.82) is 10.5 Å². The van der Waals surface area contributed by atoms with Crippen LogP contribution in [0.2, 0.25) is 0 Å². The van der Waals surface area contributed by atoms with Gasteiger partial charge in [-0.3, -0.25) is 0 Å². The van der Waals surface area contributed by atoms with Crippen molar-refractivity contribution in [2.24, 2.45) is 5.14 Å². The molecule has 0 saturated carbocycles. The van der Waals surface area contributed by atoms with Crippen LogP contribution >= 0.6 is 22.6 Å². The Balaban J connectivity index is 0.000000234. The van der Waals surface area contributed by atoms with Crippen molar-refractivity contribution in [2.75, 3.05) is 6.54 Å².